The third-order valence-corrected chi connectivity index (χ3v) is 4.50. The summed E-state index contributed by atoms with van der Waals surface area (Å²) in [5.41, 5.74) is 1.41. The normalized spacial score (nSPS) is 12.3. The maximum atomic E-state index is 13.0. The van der Waals surface area contributed by atoms with Crippen LogP contribution in [0.1, 0.15) is 5.56 Å². The second-order valence-corrected chi connectivity index (χ2v) is 6.47. The van der Waals surface area contributed by atoms with Crippen molar-refractivity contribution in [3.63, 3.8) is 0 Å². The molecule has 0 saturated carbocycles. The highest BCUT2D eigenvalue weighted by molar-refractivity contribution is 6.42. The number of hydrogen-bond acceptors (Lipinski definition) is 3. The fraction of sp³-hybridized carbons (Fsp3) is 0.176. The molecule has 8 heteroatoms. The summed E-state index contributed by atoms with van der Waals surface area (Å²) in [5, 5.41) is 5.16. The average Bonchev–Trinajstić information content (AvgIpc) is 2.93. The summed E-state index contributed by atoms with van der Waals surface area (Å²) >= 11 is 12.2. The molecule has 0 fully saturated rings. The van der Waals surface area contributed by atoms with Crippen molar-refractivity contribution >= 4 is 23.2 Å². The molecule has 0 radical (unpaired) electrons. The smallest absolute Gasteiger partial charge is 0.387 e. The number of nitrogens with zero attached hydrogens (tertiary/aromatic N) is 2. The van der Waals surface area contributed by atoms with E-state index in [-0.39, 0.29) is 18.4 Å². The van der Waals surface area contributed by atoms with E-state index < -0.39 is 5.76 Å². The highest BCUT2D eigenvalue weighted by atomic mass is 35.5. The molecule has 1 N–H and O–H groups in total. The molecule has 0 aliphatic rings. The van der Waals surface area contributed by atoms with Gasteiger partial charge in [0.05, 0.1) is 17.1 Å². The predicted molar refractivity (Wildman–Crippen MR) is 93.2 cm³/mol. The van der Waals surface area contributed by atoms with Crippen molar-refractivity contribution in [3.05, 3.63) is 74.4 Å². The molecule has 3 aromatic rings. The molecular formula is C17H15Cl2FN3O2+. The van der Waals surface area contributed by atoms with Crippen molar-refractivity contribution < 1.29 is 13.7 Å². The highest BCUT2D eigenvalue weighted by Gasteiger charge is 2.15. The van der Waals surface area contributed by atoms with Crippen molar-refractivity contribution in [2.24, 2.45) is 0 Å². The Morgan fingerprint density at radius 2 is 1.92 bits per heavy atom. The Hall–Kier alpha value is -2.15. The number of nitrogens with one attached hydrogen (secondary N) is 1. The van der Waals surface area contributed by atoms with E-state index >= 15 is 0 Å². The lowest BCUT2D eigenvalue weighted by Gasteiger charge is -2.14. The van der Waals surface area contributed by atoms with Crippen LogP contribution in [0.5, 0.6) is 0 Å². The Balaban J connectivity index is 1.75. The van der Waals surface area contributed by atoms with Gasteiger partial charge in [0.25, 0.3) is 0 Å². The van der Waals surface area contributed by atoms with E-state index in [0.717, 1.165) is 10.5 Å². The first kappa shape index (κ1) is 17.7. The molecule has 25 heavy (non-hydrogen) atoms. The lowest BCUT2D eigenvalue weighted by Crippen LogP contribution is -3.07. The zero-order valence-corrected chi connectivity index (χ0v) is 14.8. The third kappa shape index (κ3) is 4.10. The van der Waals surface area contributed by atoms with E-state index in [4.69, 9.17) is 27.6 Å². The molecule has 1 aromatic heterocycles. The van der Waals surface area contributed by atoms with Gasteiger partial charge in [0.2, 0.25) is 5.89 Å². The van der Waals surface area contributed by atoms with Gasteiger partial charge in [-0.2, -0.15) is 0 Å². The molecule has 5 nitrogen and oxygen atoms in total. The van der Waals surface area contributed by atoms with Crippen LogP contribution in [0.2, 0.25) is 10.0 Å². The molecule has 0 amide bonds. The van der Waals surface area contributed by atoms with Gasteiger partial charge in [-0.15, -0.1) is 9.78 Å². The summed E-state index contributed by atoms with van der Waals surface area (Å²) in [6.45, 7) is 0.844. The summed E-state index contributed by atoms with van der Waals surface area (Å²) in [6, 6.07) is 11.0. The first-order valence-corrected chi connectivity index (χ1v) is 8.27. The lowest BCUT2D eigenvalue weighted by molar-refractivity contribution is -0.917. The Labute approximate surface area is 153 Å². The minimum Gasteiger partial charge on any atom is -0.387 e. The third-order valence-electron chi connectivity index (χ3n) is 3.64. The largest absolute Gasteiger partial charge is 0.442 e. The van der Waals surface area contributed by atoms with Gasteiger partial charge in [0.1, 0.15) is 12.4 Å². The number of benzene rings is 2. The van der Waals surface area contributed by atoms with E-state index in [9.17, 15) is 9.18 Å². The number of halogens is 3. The van der Waals surface area contributed by atoms with Crippen LogP contribution in [-0.4, -0.2) is 16.8 Å². The highest BCUT2D eigenvalue weighted by Crippen LogP contribution is 2.24. The van der Waals surface area contributed by atoms with Gasteiger partial charge in [-0.1, -0.05) is 35.3 Å². The van der Waals surface area contributed by atoms with Crippen molar-refractivity contribution in [1.82, 2.24) is 9.78 Å². The van der Waals surface area contributed by atoms with Gasteiger partial charge in [0, 0.05) is 11.1 Å². The van der Waals surface area contributed by atoms with Gasteiger partial charge < -0.3 is 9.32 Å². The van der Waals surface area contributed by atoms with Crippen molar-refractivity contribution in [1.29, 1.82) is 0 Å². The maximum Gasteiger partial charge on any atom is 0.442 e. The van der Waals surface area contributed by atoms with E-state index in [2.05, 4.69) is 5.10 Å². The number of aromatic nitrogens is 2. The zero-order valence-electron chi connectivity index (χ0n) is 13.3. The van der Waals surface area contributed by atoms with Crippen LogP contribution in [0.25, 0.3) is 11.5 Å². The predicted octanol–water partition coefficient (Wildman–Crippen LogP) is 2.62. The van der Waals surface area contributed by atoms with E-state index in [0.29, 0.717) is 22.2 Å². The van der Waals surface area contributed by atoms with Crippen molar-refractivity contribution in [2.45, 2.75) is 13.2 Å². The molecule has 130 valence electrons. The molecule has 0 aliphatic heterocycles. The fourth-order valence-corrected chi connectivity index (χ4v) is 2.82. The molecule has 0 saturated heterocycles. The lowest BCUT2D eigenvalue weighted by atomic mass is 10.2. The molecular weight excluding hydrogens is 368 g/mol. The monoisotopic (exact) mass is 382 g/mol. The number of rotatable bonds is 5. The fourth-order valence-electron chi connectivity index (χ4n) is 2.44. The van der Waals surface area contributed by atoms with Crippen LogP contribution in [0, 0.1) is 5.82 Å². The molecule has 0 aliphatic carbocycles. The molecule has 2 aromatic carbocycles. The second kappa shape index (κ2) is 7.39. The minimum atomic E-state index is -0.573. The molecule has 0 bridgehead atoms. The second-order valence-electron chi connectivity index (χ2n) is 5.68. The van der Waals surface area contributed by atoms with Gasteiger partial charge in [-0.3, -0.25) is 0 Å². The quantitative estimate of drug-likeness (QED) is 0.737. The van der Waals surface area contributed by atoms with Crippen molar-refractivity contribution in [2.75, 3.05) is 7.05 Å². The SMILES string of the molecule is C[NH+](Cc1cccc(Cl)c1Cl)Cn1nc(-c2ccc(F)cc2)oc1=O. The zero-order chi connectivity index (χ0) is 18.0. The van der Waals surface area contributed by atoms with Gasteiger partial charge in [-0.25, -0.2) is 9.18 Å². The molecule has 3 rings (SSSR count). The van der Waals surface area contributed by atoms with E-state index in [1.807, 2.05) is 19.2 Å². The molecule has 1 heterocycles. The summed E-state index contributed by atoms with van der Waals surface area (Å²) in [4.78, 5) is 13.0. The average molecular weight is 383 g/mol. The van der Waals surface area contributed by atoms with Gasteiger partial charge in [-0.05, 0) is 30.3 Å². The molecule has 1 atom stereocenters. The summed E-state index contributed by atoms with van der Waals surface area (Å²) in [6.07, 6.45) is 0. The van der Waals surface area contributed by atoms with Gasteiger partial charge in [0.15, 0.2) is 6.67 Å². The topological polar surface area (TPSA) is 52.5 Å². The summed E-state index contributed by atoms with van der Waals surface area (Å²) < 4.78 is 19.4. The Morgan fingerprint density at radius 1 is 1.20 bits per heavy atom. The van der Waals surface area contributed by atoms with Crippen LogP contribution in [-0.2, 0) is 13.2 Å². The number of hydrogen-bond donors (Lipinski definition) is 1. The molecule has 0 spiro atoms. The Bertz CT molecular complexity index is 938. The van der Waals surface area contributed by atoms with Gasteiger partial charge >= 0.3 is 5.76 Å². The first-order valence-electron chi connectivity index (χ1n) is 7.52. The standard InChI is InChI=1S/C17H14Cl2FN3O2/c1-22(9-12-3-2-4-14(18)15(12)19)10-23-17(24)25-16(21-23)11-5-7-13(20)8-6-11/h2-8H,9-10H2,1H3/p+1. The van der Waals surface area contributed by atoms with Crippen LogP contribution >= 0.6 is 23.2 Å². The first-order chi connectivity index (χ1) is 11.9. The van der Waals surface area contributed by atoms with Crippen LogP contribution in [0.15, 0.2) is 51.7 Å². The molecule has 1 unspecified atom stereocenters. The van der Waals surface area contributed by atoms with Crippen LogP contribution < -0.4 is 10.7 Å². The maximum absolute atomic E-state index is 13.0. The summed E-state index contributed by atoms with van der Waals surface area (Å²) in [5.74, 6) is -0.789. The Kier molecular flexibility index (Phi) is 5.22. The van der Waals surface area contributed by atoms with E-state index in [1.165, 1.54) is 28.9 Å². The van der Waals surface area contributed by atoms with E-state index in [1.54, 1.807) is 6.07 Å². The Morgan fingerprint density at radius 3 is 2.64 bits per heavy atom. The van der Waals surface area contributed by atoms with Crippen LogP contribution in [0.3, 0.4) is 0 Å². The van der Waals surface area contributed by atoms with Crippen molar-refractivity contribution in [3.8, 4) is 11.5 Å². The minimum absolute atomic E-state index is 0.151. The van der Waals surface area contributed by atoms with Crippen LogP contribution in [0.4, 0.5) is 4.39 Å². The number of quaternary nitrogens is 1. The summed E-state index contributed by atoms with van der Waals surface area (Å²) in [7, 11) is 1.90.